The molecule has 0 saturated carbocycles. The number of aryl methyl sites for hydroxylation is 1. The van der Waals surface area contributed by atoms with Crippen molar-refractivity contribution in [1.29, 1.82) is 5.41 Å². The first-order valence-electron chi connectivity index (χ1n) is 6.48. The Balaban J connectivity index is 2.30. The summed E-state index contributed by atoms with van der Waals surface area (Å²) < 4.78 is 37.6. The van der Waals surface area contributed by atoms with E-state index in [2.05, 4.69) is 9.97 Å². The topological polar surface area (TPSA) is 69.9 Å². The largest absolute Gasteiger partial charge is 0.416 e. The first kappa shape index (κ1) is 16.1. The Morgan fingerprint density at radius 2 is 1.86 bits per heavy atom. The van der Waals surface area contributed by atoms with E-state index in [1.54, 1.807) is 6.92 Å². The second-order valence-electron chi connectivity index (χ2n) is 4.81. The van der Waals surface area contributed by atoms with Crippen LogP contribution in [0.5, 0.6) is 0 Å². The normalized spacial score (nSPS) is 11.5. The molecule has 0 radical (unpaired) electrons. The fourth-order valence-electron chi connectivity index (χ4n) is 1.98. The van der Waals surface area contributed by atoms with E-state index < -0.39 is 18.3 Å². The van der Waals surface area contributed by atoms with Crippen molar-refractivity contribution in [3.63, 3.8) is 0 Å². The number of halogens is 3. The maximum absolute atomic E-state index is 12.5. The molecule has 0 aliphatic rings. The SMILES string of the molecule is Cc1cnc(C(=N)CO)c(Cc2ccc(C(F)(F)F)cc2)n1. The van der Waals surface area contributed by atoms with Gasteiger partial charge in [0, 0.05) is 12.6 Å². The van der Waals surface area contributed by atoms with Crippen molar-refractivity contribution >= 4 is 5.71 Å². The van der Waals surface area contributed by atoms with Gasteiger partial charge in [-0.3, -0.25) is 9.97 Å². The minimum Gasteiger partial charge on any atom is -0.390 e. The molecule has 0 amide bonds. The lowest BCUT2D eigenvalue weighted by Crippen LogP contribution is -2.13. The highest BCUT2D eigenvalue weighted by molar-refractivity contribution is 5.98. The van der Waals surface area contributed by atoms with Crippen LogP contribution >= 0.6 is 0 Å². The van der Waals surface area contributed by atoms with Crippen LogP contribution in [-0.4, -0.2) is 27.4 Å². The minimum atomic E-state index is -4.37. The van der Waals surface area contributed by atoms with E-state index in [0.717, 1.165) is 12.1 Å². The molecule has 0 saturated heterocycles. The average molecular weight is 309 g/mol. The first-order valence-corrected chi connectivity index (χ1v) is 6.48. The average Bonchev–Trinajstić information content (AvgIpc) is 2.46. The van der Waals surface area contributed by atoms with Crippen LogP contribution in [0, 0.1) is 12.3 Å². The minimum absolute atomic E-state index is 0.0746. The zero-order valence-corrected chi connectivity index (χ0v) is 11.8. The van der Waals surface area contributed by atoms with Crippen molar-refractivity contribution in [2.24, 2.45) is 0 Å². The van der Waals surface area contributed by atoms with Crippen LogP contribution < -0.4 is 0 Å². The first-order chi connectivity index (χ1) is 10.3. The van der Waals surface area contributed by atoms with Gasteiger partial charge in [0.2, 0.25) is 0 Å². The van der Waals surface area contributed by atoms with Crippen LogP contribution in [0.15, 0.2) is 30.5 Å². The van der Waals surface area contributed by atoms with Crippen molar-refractivity contribution in [2.45, 2.75) is 19.5 Å². The molecule has 2 N–H and O–H groups in total. The van der Waals surface area contributed by atoms with Gasteiger partial charge in [-0.15, -0.1) is 0 Å². The fourth-order valence-corrected chi connectivity index (χ4v) is 1.98. The summed E-state index contributed by atoms with van der Waals surface area (Å²) in [4.78, 5) is 8.35. The highest BCUT2D eigenvalue weighted by Gasteiger charge is 2.29. The lowest BCUT2D eigenvalue weighted by atomic mass is 10.0. The Hall–Kier alpha value is -2.28. The predicted molar refractivity (Wildman–Crippen MR) is 74.9 cm³/mol. The molecule has 1 heterocycles. The van der Waals surface area contributed by atoms with Gasteiger partial charge in [-0.25, -0.2) is 0 Å². The van der Waals surface area contributed by atoms with Gasteiger partial charge in [0.15, 0.2) is 0 Å². The molecule has 22 heavy (non-hydrogen) atoms. The third-order valence-corrected chi connectivity index (χ3v) is 3.06. The van der Waals surface area contributed by atoms with Crippen LogP contribution in [0.2, 0.25) is 0 Å². The molecule has 2 aromatic rings. The van der Waals surface area contributed by atoms with Crippen LogP contribution in [0.3, 0.4) is 0 Å². The van der Waals surface area contributed by atoms with Crippen molar-refractivity contribution in [3.8, 4) is 0 Å². The van der Waals surface area contributed by atoms with Crippen LogP contribution in [0.25, 0.3) is 0 Å². The number of rotatable bonds is 4. The Kier molecular flexibility index (Phi) is 4.56. The van der Waals surface area contributed by atoms with Crippen LogP contribution in [0.4, 0.5) is 13.2 Å². The zero-order chi connectivity index (χ0) is 16.3. The van der Waals surface area contributed by atoms with Crippen molar-refractivity contribution in [1.82, 2.24) is 9.97 Å². The molecule has 1 aromatic carbocycles. The Labute approximate surface area is 125 Å². The molecular formula is C15H14F3N3O. The maximum atomic E-state index is 12.5. The molecule has 0 unspecified atom stereocenters. The van der Waals surface area contributed by atoms with E-state index in [-0.39, 0.29) is 17.8 Å². The summed E-state index contributed by atoms with van der Waals surface area (Å²) in [6.07, 6.45) is -2.65. The molecule has 0 atom stereocenters. The summed E-state index contributed by atoms with van der Waals surface area (Å²) in [7, 11) is 0. The van der Waals surface area contributed by atoms with Gasteiger partial charge in [-0.05, 0) is 24.6 Å². The highest BCUT2D eigenvalue weighted by Crippen LogP contribution is 2.29. The summed E-state index contributed by atoms with van der Waals surface area (Å²) in [5, 5.41) is 16.7. The molecule has 0 spiro atoms. The molecule has 0 fully saturated rings. The highest BCUT2D eigenvalue weighted by atomic mass is 19.4. The maximum Gasteiger partial charge on any atom is 0.416 e. The van der Waals surface area contributed by atoms with Gasteiger partial charge < -0.3 is 10.5 Å². The lowest BCUT2D eigenvalue weighted by Gasteiger charge is -2.10. The Bertz CT molecular complexity index is 681. The van der Waals surface area contributed by atoms with Crippen LogP contribution in [0.1, 0.15) is 28.2 Å². The summed E-state index contributed by atoms with van der Waals surface area (Å²) in [6.45, 7) is 1.26. The molecule has 1 aromatic heterocycles. The number of nitrogens with zero attached hydrogens (tertiary/aromatic N) is 2. The standard InChI is InChI=1S/C15H14F3N3O/c1-9-7-20-14(12(19)8-22)13(21-9)6-10-2-4-11(5-3-10)15(16,17)18/h2-5,7,19,22H,6,8H2,1H3. The van der Waals surface area contributed by atoms with Crippen molar-refractivity contribution in [2.75, 3.05) is 6.61 Å². The fraction of sp³-hybridized carbons (Fsp3) is 0.267. The monoisotopic (exact) mass is 309 g/mol. The number of nitrogens with one attached hydrogen (secondary N) is 1. The van der Waals surface area contributed by atoms with E-state index in [9.17, 15) is 13.2 Å². The Morgan fingerprint density at radius 3 is 2.41 bits per heavy atom. The quantitative estimate of drug-likeness (QED) is 0.853. The smallest absolute Gasteiger partial charge is 0.390 e. The number of alkyl halides is 3. The molecule has 0 aliphatic heterocycles. The number of benzene rings is 1. The molecule has 0 bridgehead atoms. The van der Waals surface area contributed by atoms with E-state index in [0.29, 0.717) is 17.0 Å². The zero-order valence-electron chi connectivity index (χ0n) is 11.8. The second-order valence-corrected chi connectivity index (χ2v) is 4.81. The van der Waals surface area contributed by atoms with Gasteiger partial charge in [0.05, 0.1) is 29.3 Å². The number of hydrogen-bond donors (Lipinski definition) is 2. The molecular weight excluding hydrogens is 295 g/mol. The summed E-state index contributed by atoms with van der Waals surface area (Å²) in [6, 6.07) is 4.77. The molecule has 0 aliphatic carbocycles. The number of aromatic nitrogens is 2. The van der Waals surface area contributed by atoms with E-state index in [1.165, 1.54) is 18.3 Å². The molecule has 4 nitrogen and oxygen atoms in total. The third kappa shape index (κ3) is 3.67. The summed E-state index contributed by atoms with van der Waals surface area (Å²) in [5.41, 5.74) is 1.19. The van der Waals surface area contributed by atoms with Gasteiger partial charge in [-0.1, -0.05) is 12.1 Å². The van der Waals surface area contributed by atoms with E-state index >= 15 is 0 Å². The summed E-state index contributed by atoms with van der Waals surface area (Å²) in [5.74, 6) is 0. The van der Waals surface area contributed by atoms with Gasteiger partial charge in [0.1, 0.15) is 5.69 Å². The van der Waals surface area contributed by atoms with Gasteiger partial charge >= 0.3 is 6.18 Å². The van der Waals surface area contributed by atoms with Gasteiger partial charge in [-0.2, -0.15) is 13.2 Å². The van der Waals surface area contributed by atoms with E-state index in [4.69, 9.17) is 10.5 Å². The number of hydrogen-bond acceptors (Lipinski definition) is 4. The molecule has 2 rings (SSSR count). The Morgan fingerprint density at radius 1 is 1.23 bits per heavy atom. The predicted octanol–water partition coefficient (Wildman–Crippen LogP) is 2.75. The van der Waals surface area contributed by atoms with Crippen molar-refractivity contribution < 1.29 is 18.3 Å². The summed E-state index contributed by atoms with van der Waals surface area (Å²) >= 11 is 0. The van der Waals surface area contributed by atoms with E-state index in [1.807, 2.05) is 0 Å². The number of aliphatic hydroxyl groups excluding tert-OH is 1. The van der Waals surface area contributed by atoms with Gasteiger partial charge in [0.25, 0.3) is 0 Å². The van der Waals surface area contributed by atoms with Crippen LogP contribution in [-0.2, 0) is 12.6 Å². The van der Waals surface area contributed by atoms with Crippen molar-refractivity contribution in [3.05, 3.63) is 58.7 Å². The molecule has 7 heteroatoms. The number of aliphatic hydroxyl groups is 1. The third-order valence-electron chi connectivity index (χ3n) is 3.06. The molecule has 116 valence electrons. The lowest BCUT2D eigenvalue weighted by molar-refractivity contribution is -0.137. The second kappa shape index (κ2) is 6.23.